The molecule has 3 unspecified atom stereocenters. The highest BCUT2D eigenvalue weighted by atomic mass is 33.1. The summed E-state index contributed by atoms with van der Waals surface area (Å²) in [4.78, 5) is 0. The summed E-state index contributed by atoms with van der Waals surface area (Å²) in [5.41, 5.74) is 0.237. The molecule has 3 N–H and O–H groups in total. The van der Waals surface area contributed by atoms with Crippen molar-refractivity contribution >= 4 is 90.3 Å². The molecule has 15 heteroatoms. The third kappa shape index (κ3) is 8.88. The van der Waals surface area contributed by atoms with Gasteiger partial charge >= 0.3 is 0 Å². The molecule has 0 radical (unpaired) electrons. The zero-order chi connectivity index (χ0) is 33.3. The van der Waals surface area contributed by atoms with E-state index in [0.29, 0.717) is 53.8 Å². The van der Waals surface area contributed by atoms with E-state index in [4.69, 9.17) is 79.7 Å². The molecule has 0 spiro atoms. The quantitative estimate of drug-likeness (QED) is 0.205. The van der Waals surface area contributed by atoms with E-state index in [1.165, 1.54) is 32.1 Å². The Bertz CT molecular complexity index is 1380. The smallest absolute Gasteiger partial charge is 0.135 e. The Labute approximate surface area is 296 Å². The van der Waals surface area contributed by atoms with Gasteiger partial charge in [-0.15, -0.1) is 0 Å². The molecule has 0 saturated heterocycles. The maximum absolute atomic E-state index is 10.6. The molecular formula is C29H52O6S9. The van der Waals surface area contributed by atoms with E-state index >= 15 is 0 Å². The van der Waals surface area contributed by atoms with Crippen LogP contribution in [0.2, 0.25) is 0 Å². The maximum atomic E-state index is 10.6. The summed E-state index contributed by atoms with van der Waals surface area (Å²) in [7, 11) is -9.43. The average molecular weight is 785 g/mol. The van der Waals surface area contributed by atoms with Crippen molar-refractivity contribution in [1.82, 2.24) is 0 Å². The Kier molecular flexibility index (Phi) is 12.1. The van der Waals surface area contributed by atoms with Crippen LogP contribution in [-0.4, -0.2) is 32.0 Å². The van der Waals surface area contributed by atoms with Gasteiger partial charge in [0.25, 0.3) is 0 Å². The second kappa shape index (κ2) is 13.7. The van der Waals surface area contributed by atoms with Gasteiger partial charge in [-0.25, -0.2) is 0 Å². The lowest BCUT2D eigenvalue weighted by Crippen LogP contribution is -2.62. The van der Waals surface area contributed by atoms with E-state index < -0.39 is 35.3 Å². The van der Waals surface area contributed by atoms with E-state index in [0.717, 1.165) is 12.8 Å². The summed E-state index contributed by atoms with van der Waals surface area (Å²) in [6, 6.07) is 0. The fraction of sp³-hybridized carbons (Fsp3) is 1.00. The predicted molar refractivity (Wildman–Crippen MR) is 202 cm³/mol. The fourth-order valence-corrected chi connectivity index (χ4v) is 13.5. The molecule has 0 aromatic heterocycles. The van der Waals surface area contributed by atoms with Crippen LogP contribution in [0.4, 0.5) is 0 Å². The molecule has 4 rings (SSSR count). The molecule has 258 valence electrons. The molecule has 0 aliphatic heterocycles. The summed E-state index contributed by atoms with van der Waals surface area (Å²) < 4.78 is 49.3. The molecule has 4 aliphatic carbocycles. The summed E-state index contributed by atoms with van der Waals surface area (Å²) in [6.07, 6.45) is 7.03. The van der Waals surface area contributed by atoms with Crippen molar-refractivity contribution in [1.29, 1.82) is 0 Å². The summed E-state index contributed by atoms with van der Waals surface area (Å²) in [5, 5.41) is 0. The van der Waals surface area contributed by atoms with Gasteiger partial charge in [0.05, 0.1) is 6.10 Å². The van der Waals surface area contributed by atoms with Crippen molar-refractivity contribution in [2.45, 2.75) is 125 Å². The van der Waals surface area contributed by atoms with Crippen molar-refractivity contribution in [2.75, 3.05) is 0 Å². The first-order valence-corrected chi connectivity index (χ1v) is 25.9. The third-order valence-corrected chi connectivity index (χ3v) is 15.5. The Balaban J connectivity index is 1.66. The topological polar surface area (TPSA) is 88.4 Å². The van der Waals surface area contributed by atoms with Crippen molar-refractivity contribution in [2.24, 2.45) is 57.7 Å². The van der Waals surface area contributed by atoms with Gasteiger partial charge in [-0.05, 0) is 109 Å². The van der Waals surface area contributed by atoms with Crippen LogP contribution in [0.25, 0.3) is 0 Å². The summed E-state index contributed by atoms with van der Waals surface area (Å²) >= 11 is 30.8. The van der Waals surface area contributed by atoms with Crippen LogP contribution >= 0.6 is 0 Å². The fourth-order valence-electron chi connectivity index (χ4n) is 10.2. The van der Waals surface area contributed by atoms with Crippen LogP contribution in [0.3, 0.4) is 0 Å². The van der Waals surface area contributed by atoms with Crippen LogP contribution in [0.5, 0.6) is 0 Å². The van der Waals surface area contributed by atoms with Crippen molar-refractivity contribution in [3.05, 3.63) is 0 Å². The Hall–Kier alpha value is 2.13. The monoisotopic (exact) mass is 784 g/mol. The minimum Gasteiger partial charge on any atom is -0.306 e. The van der Waals surface area contributed by atoms with Crippen molar-refractivity contribution in [3.63, 3.8) is 0 Å². The number of fused-ring (bicyclic) bond motifs is 5. The lowest BCUT2D eigenvalue weighted by molar-refractivity contribution is -0.180. The van der Waals surface area contributed by atoms with Crippen LogP contribution < -0.4 is 0 Å². The van der Waals surface area contributed by atoms with Gasteiger partial charge in [-0.2, -0.15) is 0 Å². The standard InChI is InChI=1S/C29H52O6S9/c1-17(8-9-18(2)27(3,4)5)20-10-11-21-19-14-24(33-42(30,36)37)23-15-25(34-43(31,38)39)26(35-44(32,40)41)16-29(23,7)22(19)12-13-28(20,21)6/h17-26H,8-16H2,1-7H3,(H,30,36,37)(H,31,38,39)(H,32,40,41)/t17?,18?,19?,20-,21-,22-,23+,24-,25-,26-,28+,29+/m0/s1. The molecule has 44 heavy (non-hydrogen) atoms. The second-order valence-corrected chi connectivity index (χ2v) is 29.1. The SMILES string of the molecule is CC(CCC(C)C(C)(C)C)[C@@H]1CC[C@H]2C3C[C@H](OS(O)(=S)=S)[C@H]4C[C@H](OS(O)(=S)=S)[C@@H](OS(O)(=S)=S)C[C@]4(C)[C@H]3CC[C@]12C. The molecule has 0 heterocycles. The Morgan fingerprint density at radius 2 is 1.23 bits per heavy atom. The minimum atomic E-state index is -3.18. The average Bonchev–Trinajstić information content (AvgIpc) is 3.17. The highest BCUT2D eigenvalue weighted by molar-refractivity contribution is 8.52. The third-order valence-electron chi connectivity index (χ3n) is 12.7. The van der Waals surface area contributed by atoms with Crippen molar-refractivity contribution in [3.8, 4) is 0 Å². The number of rotatable bonds is 10. The zero-order valence-electron chi connectivity index (χ0n) is 26.9. The molecule has 0 aromatic rings. The largest absolute Gasteiger partial charge is 0.306 e. The Morgan fingerprint density at radius 1 is 0.705 bits per heavy atom. The molecule has 4 fully saturated rings. The predicted octanol–water partition coefficient (Wildman–Crippen LogP) is 7.52. The first-order valence-electron chi connectivity index (χ1n) is 15.8. The minimum absolute atomic E-state index is 0.0945. The highest BCUT2D eigenvalue weighted by Gasteiger charge is 2.64. The first-order chi connectivity index (χ1) is 19.8. The van der Waals surface area contributed by atoms with Gasteiger partial charge in [0.2, 0.25) is 0 Å². The van der Waals surface area contributed by atoms with E-state index in [-0.39, 0.29) is 22.9 Å². The van der Waals surface area contributed by atoms with Crippen LogP contribution in [0, 0.1) is 57.7 Å². The van der Waals surface area contributed by atoms with Gasteiger partial charge < -0.3 is 13.7 Å². The summed E-state index contributed by atoms with van der Waals surface area (Å²) in [5.74, 6) is 3.17. The van der Waals surface area contributed by atoms with Crippen LogP contribution in [-0.2, 0) is 103 Å². The van der Waals surface area contributed by atoms with Gasteiger partial charge in [0, 0.05) is 67.1 Å². The molecule has 4 aliphatic rings. The number of hydrogen-bond acceptors (Lipinski definition) is 9. The molecular weight excluding hydrogens is 733 g/mol. The molecule has 12 atom stereocenters. The van der Waals surface area contributed by atoms with E-state index in [2.05, 4.69) is 48.5 Å². The highest BCUT2D eigenvalue weighted by Crippen LogP contribution is 2.69. The number of hydrogen-bond donors (Lipinski definition) is 3. The molecule has 0 amide bonds. The van der Waals surface area contributed by atoms with E-state index in [1.54, 1.807) is 0 Å². The van der Waals surface area contributed by atoms with Gasteiger partial charge in [0.15, 0.2) is 0 Å². The van der Waals surface area contributed by atoms with Gasteiger partial charge in [-0.3, -0.25) is 12.5 Å². The lowest BCUT2D eigenvalue weighted by Gasteiger charge is -2.63. The van der Waals surface area contributed by atoms with Crippen LogP contribution in [0.15, 0.2) is 0 Å². The zero-order valence-corrected chi connectivity index (χ0v) is 34.2. The summed E-state index contributed by atoms with van der Waals surface area (Å²) in [6.45, 7) is 16.7. The Morgan fingerprint density at radius 3 is 1.77 bits per heavy atom. The van der Waals surface area contributed by atoms with Crippen molar-refractivity contribution < 1.29 is 26.2 Å². The normalized spacial score (nSPS) is 41.3. The van der Waals surface area contributed by atoms with E-state index in [1.807, 2.05) is 0 Å². The van der Waals surface area contributed by atoms with Gasteiger partial charge in [0.1, 0.15) is 35.3 Å². The molecule has 0 bridgehead atoms. The molecule has 0 aromatic carbocycles. The second-order valence-electron chi connectivity index (χ2n) is 15.9. The van der Waals surface area contributed by atoms with Crippen LogP contribution in [0.1, 0.15) is 106 Å². The van der Waals surface area contributed by atoms with E-state index in [9.17, 15) is 13.7 Å². The molecule has 6 nitrogen and oxygen atoms in total. The lowest BCUT2D eigenvalue weighted by atomic mass is 9.43. The van der Waals surface area contributed by atoms with Gasteiger partial charge in [-0.1, -0.05) is 54.9 Å². The molecule has 4 saturated carbocycles. The first kappa shape index (κ1) is 38.9. The maximum Gasteiger partial charge on any atom is 0.135 e.